The molecule has 0 unspecified atom stereocenters. The second-order valence-electron chi connectivity index (χ2n) is 4.66. The van der Waals surface area contributed by atoms with Gasteiger partial charge >= 0.3 is 11.9 Å². The van der Waals surface area contributed by atoms with Crippen molar-refractivity contribution in [3.8, 4) is 0 Å². The minimum atomic E-state index is -0.988. The van der Waals surface area contributed by atoms with Gasteiger partial charge < -0.3 is 18.9 Å². The van der Waals surface area contributed by atoms with E-state index in [4.69, 9.17) is 18.9 Å². The molecule has 0 fully saturated rings. The fraction of sp³-hybridized carbons (Fsp3) is 0.643. The molecule has 0 aliphatic carbocycles. The quantitative estimate of drug-likeness (QED) is 0.272. The normalized spacial score (nSPS) is 14.5. The van der Waals surface area contributed by atoms with Gasteiger partial charge in [0, 0.05) is 21.0 Å². The maximum absolute atomic E-state index is 11.2. The highest BCUT2D eigenvalue weighted by atomic mass is 16.7. The highest BCUT2D eigenvalue weighted by molar-refractivity contribution is 5.68. The van der Waals surface area contributed by atoms with E-state index in [1.807, 2.05) is 0 Å². The van der Waals surface area contributed by atoms with E-state index in [0.29, 0.717) is 6.29 Å². The summed E-state index contributed by atoms with van der Waals surface area (Å²) >= 11 is 0. The van der Waals surface area contributed by atoms with Crippen molar-refractivity contribution in [2.24, 2.45) is 0 Å². The molecular formula is C14H22O7. The summed E-state index contributed by atoms with van der Waals surface area (Å²) < 4.78 is 20.8. The third kappa shape index (κ3) is 8.93. The second kappa shape index (κ2) is 9.25. The van der Waals surface area contributed by atoms with Crippen LogP contribution >= 0.6 is 0 Å². The molecule has 0 saturated carbocycles. The number of aldehydes is 1. The van der Waals surface area contributed by atoms with E-state index in [1.54, 1.807) is 13.8 Å². The van der Waals surface area contributed by atoms with Gasteiger partial charge in [-0.05, 0) is 26.0 Å². The molecule has 120 valence electrons. The minimum Gasteiger partial charge on any atom is -0.463 e. The van der Waals surface area contributed by atoms with Crippen molar-refractivity contribution in [3.63, 3.8) is 0 Å². The zero-order valence-electron chi connectivity index (χ0n) is 13.0. The fourth-order valence-corrected chi connectivity index (χ4v) is 1.39. The Morgan fingerprint density at radius 2 is 1.81 bits per heavy atom. The highest BCUT2D eigenvalue weighted by Gasteiger charge is 2.31. The molecule has 0 aliphatic heterocycles. The minimum absolute atomic E-state index is 0.150. The van der Waals surface area contributed by atoms with Gasteiger partial charge in [-0.1, -0.05) is 0 Å². The van der Waals surface area contributed by atoms with Gasteiger partial charge in [-0.25, -0.2) is 0 Å². The van der Waals surface area contributed by atoms with Gasteiger partial charge in [0.25, 0.3) is 0 Å². The van der Waals surface area contributed by atoms with Crippen LogP contribution in [0.5, 0.6) is 0 Å². The molecule has 0 aromatic heterocycles. The zero-order chi connectivity index (χ0) is 16.5. The van der Waals surface area contributed by atoms with Gasteiger partial charge in [0.1, 0.15) is 25.1 Å². The average Bonchev–Trinajstić information content (AvgIpc) is 2.38. The summed E-state index contributed by atoms with van der Waals surface area (Å²) in [6.07, 6.45) is 1.37. The Morgan fingerprint density at radius 1 is 1.19 bits per heavy atom. The van der Waals surface area contributed by atoms with Crippen LogP contribution in [0.25, 0.3) is 0 Å². The van der Waals surface area contributed by atoms with Crippen molar-refractivity contribution >= 4 is 18.2 Å². The van der Waals surface area contributed by atoms with Crippen LogP contribution in [0.15, 0.2) is 12.2 Å². The first-order valence-electron chi connectivity index (χ1n) is 6.37. The number of ether oxygens (including phenoxy) is 4. The fourth-order valence-electron chi connectivity index (χ4n) is 1.39. The van der Waals surface area contributed by atoms with Crippen LogP contribution in [0, 0.1) is 0 Å². The molecule has 0 rings (SSSR count). The van der Waals surface area contributed by atoms with Crippen LogP contribution in [0.4, 0.5) is 0 Å². The third-order valence-electron chi connectivity index (χ3n) is 2.43. The first-order chi connectivity index (χ1) is 9.71. The predicted molar refractivity (Wildman–Crippen MR) is 73.4 cm³/mol. The molecule has 7 heteroatoms. The summed E-state index contributed by atoms with van der Waals surface area (Å²) in [6.45, 7) is 5.64. The summed E-state index contributed by atoms with van der Waals surface area (Å²) in [7, 11) is 1.45. The van der Waals surface area contributed by atoms with Crippen LogP contribution in [-0.4, -0.2) is 49.9 Å². The van der Waals surface area contributed by atoms with Gasteiger partial charge in [-0.3, -0.25) is 14.4 Å². The standard InChI is InChI=1S/C14H22O7/c1-10(16)19-9-13(21-14(3,4)18-5)12(7-6-8-15)20-11(2)17/h6-8,12-13H,9H2,1-5H3/t12-,13+/m0/s1. The molecule has 0 aromatic rings. The number of allylic oxidation sites excluding steroid dienone is 1. The smallest absolute Gasteiger partial charge is 0.303 e. The molecule has 0 bridgehead atoms. The Balaban J connectivity index is 5.14. The van der Waals surface area contributed by atoms with Crippen molar-refractivity contribution in [2.75, 3.05) is 13.7 Å². The first-order valence-corrected chi connectivity index (χ1v) is 6.37. The maximum atomic E-state index is 11.2. The molecule has 0 aliphatic rings. The predicted octanol–water partition coefficient (Wildman–Crippen LogP) is 1.00. The van der Waals surface area contributed by atoms with Crippen molar-refractivity contribution in [2.45, 2.75) is 45.7 Å². The Morgan fingerprint density at radius 3 is 2.24 bits per heavy atom. The lowest BCUT2D eigenvalue weighted by atomic mass is 10.2. The first kappa shape index (κ1) is 19.3. The van der Waals surface area contributed by atoms with E-state index in [-0.39, 0.29) is 6.61 Å². The van der Waals surface area contributed by atoms with E-state index in [2.05, 4.69) is 0 Å². The lowest BCUT2D eigenvalue weighted by Gasteiger charge is -2.32. The summed E-state index contributed by atoms with van der Waals surface area (Å²) in [5.74, 6) is -2.04. The summed E-state index contributed by atoms with van der Waals surface area (Å²) in [5.41, 5.74) is 0. The van der Waals surface area contributed by atoms with Crippen LogP contribution in [0.1, 0.15) is 27.7 Å². The van der Waals surface area contributed by atoms with Gasteiger partial charge in [0.05, 0.1) is 0 Å². The monoisotopic (exact) mass is 302 g/mol. The van der Waals surface area contributed by atoms with Gasteiger partial charge in [-0.15, -0.1) is 0 Å². The van der Waals surface area contributed by atoms with Crippen molar-refractivity contribution in [1.29, 1.82) is 0 Å². The van der Waals surface area contributed by atoms with E-state index in [9.17, 15) is 14.4 Å². The number of hydrogen-bond donors (Lipinski definition) is 0. The second-order valence-corrected chi connectivity index (χ2v) is 4.66. The van der Waals surface area contributed by atoms with Crippen molar-refractivity contribution in [3.05, 3.63) is 12.2 Å². The number of methoxy groups -OCH3 is 1. The molecule has 0 aromatic carbocycles. The number of esters is 2. The lowest BCUT2D eigenvalue weighted by molar-refractivity contribution is -0.246. The molecule has 0 spiro atoms. The Labute approximate surface area is 124 Å². The van der Waals surface area contributed by atoms with Gasteiger partial charge in [0.2, 0.25) is 0 Å². The summed E-state index contributed by atoms with van der Waals surface area (Å²) in [5, 5.41) is 0. The topological polar surface area (TPSA) is 88.1 Å². The number of rotatable bonds is 9. The zero-order valence-corrected chi connectivity index (χ0v) is 13.0. The van der Waals surface area contributed by atoms with Gasteiger partial charge in [0.15, 0.2) is 5.79 Å². The van der Waals surface area contributed by atoms with E-state index >= 15 is 0 Å². The highest BCUT2D eigenvalue weighted by Crippen LogP contribution is 2.18. The molecule has 0 radical (unpaired) electrons. The van der Waals surface area contributed by atoms with E-state index in [1.165, 1.54) is 33.1 Å². The number of hydrogen-bond acceptors (Lipinski definition) is 7. The maximum Gasteiger partial charge on any atom is 0.303 e. The number of carbonyl (C=O) groups is 3. The molecule has 0 heterocycles. The van der Waals surface area contributed by atoms with E-state index < -0.39 is 29.9 Å². The largest absolute Gasteiger partial charge is 0.463 e. The Hall–Kier alpha value is -1.73. The molecule has 7 nitrogen and oxygen atoms in total. The van der Waals surface area contributed by atoms with Crippen LogP contribution in [-0.2, 0) is 33.3 Å². The van der Waals surface area contributed by atoms with Crippen molar-refractivity contribution < 1.29 is 33.3 Å². The van der Waals surface area contributed by atoms with Crippen LogP contribution in [0.3, 0.4) is 0 Å². The summed E-state index contributed by atoms with van der Waals surface area (Å²) in [4.78, 5) is 32.6. The molecule has 0 saturated heterocycles. The Bertz CT molecular complexity index is 387. The molecular weight excluding hydrogens is 280 g/mol. The third-order valence-corrected chi connectivity index (χ3v) is 2.43. The molecule has 0 amide bonds. The van der Waals surface area contributed by atoms with Crippen molar-refractivity contribution in [1.82, 2.24) is 0 Å². The number of carbonyl (C=O) groups excluding carboxylic acids is 3. The SMILES string of the molecule is COC(C)(C)O[C@H](COC(C)=O)[C@H](C=CC=O)OC(C)=O. The van der Waals surface area contributed by atoms with E-state index in [0.717, 1.165) is 0 Å². The molecule has 21 heavy (non-hydrogen) atoms. The molecule has 0 N–H and O–H groups in total. The molecule has 2 atom stereocenters. The average molecular weight is 302 g/mol. The Kier molecular flexibility index (Phi) is 8.49. The van der Waals surface area contributed by atoms with Crippen LogP contribution < -0.4 is 0 Å². The van der Waals surface area contributed by atoms with Crippen LogP contribution in [0.2, 0.25) is 0 Å². The van der Waals surface area contributed by atoms with Gasteiger partial charge in [-0.2, -0.15) is 0 Å². The summed E-state index contributed by atoms with van der Waals surface area (Å²) in [6, 6.07) is 0. The lowest BCUT2D eigenvalue weighted by Crippen LogP contribution is -2.43.